The predicted octanol–water partition coefficient (Wildman–Crippen LogP) is 5.12. The number of thioether (sulfide) groups is 1. The summed E-state index contributed by atoms with van der Waals surface area (Å²) < 4.78 is 33.4. The van der Waals surface area contributed by atoms with Gasteiger partial charge in [0.25, 0.3) is 15.9 Å². The standard InChI is InChI=1S/C21H19ClN2O4S2/c1-28-19-6-4-3-5-18(19)24-30(26,27)20-13-14(7-12-17(20)22)21(25)23-15-8-10-16(29-2)11-9-15/h3-13,24H,1-2H3,(H,23,25). The lowest BCUT2D eigenvalue weighted by molar-refractivity contribution is 0.102. The molecular weight excluding hydrogens is 444 g/mol. The fourth-order valence-electron chi connectivity index (χ4n) is 2.66. The molecule has 3 aromatic rings. The van der Waals surface area contributed by atoms with Crippen LogP contribution in [0.1, 0.15) is 10.4 Å². The van der Waals surface area contributed by atoms with Gasteiger partial charge in [0.15, 0.2) is 0 Å². The second-order valence-corrected chi connectivity index (χ2v) is 9.07. The maximum atomic E-state index is 12.9. The van der Waals surface area contributed by atoms with Crippen molar-refractivity contribution in [3.8, 4) is 5.75 Å². The number of benzene rings is 3. The van der Waals surface area contributed by atoms with Gasteiger partial charge < -0.3 is 10.1 Å². The average Bonchev–Trinajstić information content (AvgIpc) is 2.74. The lowest BCUT2D eigenvalue weighted by Crippen LogP contribution is -2.17. The molecule has 0 fully saturated rings. The first-order valence-corrected chi connectivity index (χ1v) is 11.8. The minimum atomic E-state index is -4.06. The van der Waals surface area contributed by atoms with Crippen molar-refractivity contribution >= 4 is 50.7 Å². The first-order chi connectivity index (χ1) is 14.3. The van der Waals surface area contributed by atoms with Crippen molar-refractivity contribution < 1.29 is 17.9 Å². The van der Waals surface area contributed by atoms with Crippen molar-refractivity contribution in [2.24, 2.45) is 0 Å². The van der Waals surface area contributed by atoms with Crippen LogP contribution in [0.4, 0.5) is 11.4 Å². The summed E-state index contributed by atoms with van der Waals surface area (Å²) >= 11 is 7.73. The van der Waals surface area contributed by atoms with Gasteiger partial charge in [-0.05, 0) is 60.9 Å². The number of rotatable bonds is 7. The van der Waals surface area contributed by atoms with Gasteiger partial charge in [-0.2, -0.15) is 0 Å². The van der Waals surface area contributed by atoms with Crippen molar-refractivity contribution in [2.45, 2.75) is 9.79 Å². The molecule has 0 radical (unpaired) electrons. The smallest absolute Gasteiger partial charge is 0.263 e. The van der Waals surface area contributed by atoms with E-state index >= 15 is 0 Å². The number of methoxy groups -OCH3 is 1. The normalized spacial score (nSPS) is 11.0. The summed E-state index contributed by atoms with van der Waals surface area (Å²) in [6, 6.07) is 18.0. The zero-order valence-electron chi connectivity index (χ0n) is 16.2. The highest BCUT2D eigenvalue weighted by atomic mass is 35.5. The molecular formula is C21H19ClN2O4S2. The van der Waals surface area contributed by atoms with E-state index in [2.05, 4.69) is 10.0 Å². The third-order valence-electron chi connectivity index (χ3n) is 4.18. The topological polar surface area (TPSA) is 84.5 Å². The molecule has 1 amide bonds. The van der Waals surface area contributed by atoms with E-state index in [9.17, 15) is 13.2 Å². The largest absolute Gasteiger partial charge is 0.495 e. The third kappa shape index (κ3) is 5.08. The Morgan fingerprint density at radius 2 is 1.73 bits per heavy atom. The monoisotopic (exact) mass is 462 g/mol. The Morgan fingerprint density at radius 1 is 1.03 bits per heavy atom. The van der Waals surface area contributed by atoms with Gasteiger partial charge >= 0.3 is 0 Å². The molecule has 3 rings (SSSR count). The number of ether oxygens (including phenoxy) is 1. The van der Waals surface area contributed by atoms with Crippen molar-refractivity contribution in [3.63, 3.8) is 0 Å². The predicted molar refractivity (Wildman–Crippen MR) is 121 cm³/mol. The van der Waals surface area contributed by atoms with Gasteiger partial charge in [0.05, 0.1) is 17.8 Å². The SMILES string of the molecule is COc1ccccc1NS(=O)(=O)c1cc(C(=O)Nc2ccc(SC)cc2)ccc1Cl. The van der Waals surface area contributed by atoms with Crippen molar-refractivity contribution in [1.29, 1.82) is 0 Å². The molecule has 6 nitrogen and oxygen atoms in total. The highest BCUT2D eigenvalue weighted by Crippen LogP contribution is 2.29. The molecule has 3 aromatic carbocycles. The second-order valence-electron chi connectivity index (χ2n) is 6.13. The number of hydrogen-bond donors (Lipinski definition) is 2. The molecule has 2 N–H and O–H groups in total. The molecule has 0 aliphatic rings. The summed E-state index contributed by atoms with van der Waals surface area (Å²) in [5, 5.41) is 2.75. The van der Waals surface area contributed by atoms with Crippen LogP contribution in [0.2, 0.25) is 5.02 Å². The van der Waals surface area contributed by atoms with Crippen LogP contribution in [0, 0.1) is 0 Å². The highest BCUT2D eigenvalue weighted by molar-refractivity contribution is 7.98. The van der Waals surface area contributed by atoms with Crippen LogP contribution >= 0.6 is 23.4 Å². The highest BCUT2D eigenvalue weighted by Gasteiger charge is 2.22. The maximum Gasteiger partial charge on any atom is 0.263 e. The van der Waals surface area contributed by atoms with Crippen LogP contribution in [-0.4, -0.2) is 27.7 Å². The second kappa shape index (κ2) is 9.42. The first kappa shape index (κ1) is 22.0. The van der Waals surface area contributed by atoms with Crippen molar-refractivity contribution in [1.82, 2.24) is 0 Å². The fraction of sp³-hybridized carbons (Fsp3) is 0.0952. The van der Waals surface area contributed by atoms with Crippen LogP contribution in [0.3, 0.4) is 0 Å². The van der Waals surface area contributed by atoms with Gasteiger partial charge in [0.2, 0.25) is 0 Å². The van der Waals surface area contributed by atoms with Crippen LogP contribution < -0.4 is 14.8 Å². The molecule has 156 valence electrons. The van der Waals surface area contributed by atoms with E-state index in [4.69, 9.17) is 16.3 Å². The van der Waals surface area contributed by atoms with Crippen LogP contribution in [0.25, 0.3) is 0 Å². The molecule has 0 spiro atoms. The Labute approximate surface area is 184 Å². The average molecular weight is 463 g/mol. The zero-order valence-corrected chi connectivity index (χ0v) is 18.6. The van der Waals surface area contributed by atoms with Gasteiger partial charge in [-0.1, -0.05) is 23.7 Å². The lowest BCUT2D eigenvalue weighted by Gasteiger charge is -2.13. The number of halogens is 1. The van der Waals surface area contributed by atoms with Crippen molar-refractivity contribution in [3.05, 3.63) is 77.3 Å². The molecule has 0 saturated heterocycles. The Balaban J connectivity index is 1.87. The number of amides is 1. The Hall–Kier alpha value is -2.68. The van der Waals surface area contributed by atoms with Gasteiger partial charge in [-0.3, -0.25) is 9.52 Å². The molecule has 0 aromatic heterocycles. The molecule has 0 saturated carbocycles. The first-order valence-electron chi connectivity index (χ1n) is 8.75. The van der Waals surface area contributed by atoms with Gasteiger partial charge in [0.1, 0.15) is 10.6 Å². The number of carbonyl (C=O) groups is 1. The number of para-hydroxylation sites is 2. The van der Waals surface area contributed by atoms with E-state index in [1.807, 2.05) is 18.4 Å². The molecule has 0 aliphatic carbocycles. The van der Waals surface area contributed by atoms with Gasteiger partial charge in [-0.15, -0.1) is 11.8 Å². The molecule has 30 heavy (non-hydrogen) atoms. The minimum Gasteiger partial charge on any atom is -0.495 e. The van der Waals surface area contributed by atoms with E-state index in [1.165, 1.54) is 25.3 Å². The lowest BCUT2D eigenvalue weighted by atomic mass is 10.2. The number of sulfonamides is 1. The van der Waals surface area contributed by atoms with E-state index in [0.29, 0.717) is 11.4 Å². The molecule has 0 heterocycles. The molecule has 9 heteroatoms. The number of nitrogens with one attached hydrogen (secondary N) is 2. The molecule has 0 atom stereocenters. The Kier molecular flexibility index (Phi) is 6.91. The van der Waals surface area contributed by atoms with Crippen LogP contribution in [0.15, 0.2) is 76.5 Å². The zero-order chi connectivity index (χ0) is 21.7. The van der Waals surface area contributed by atoms with Crippen molar-refractivity contribution in [2.75, 3.05) is 23.4 Å². The summed E-state index contributed by atoms with van der Waals surface area (Å²) in [6.07, 6.45) is 1.96. The summed E-state index contributed by atoms with van der Waals surface area (Å²) in [4.78, 5) is 13.5. The maximum absolute atomic E-state index is 12.9. The summed E-state index contributed by atoms with van der Waals surface area (Å²) in [7, 11) is -2.62. The van der Waals surface area contributed by atoms with Crippen LogP contribution in [0.5, 0.6) is 5.75 Å². The Morgan fingerprint density at radius 3 is 2.40 bits per heavy atom. The Bertz CT molecular complexity index is 1170. The summed E-state index contributed by atoms with van der Waals surface area (Å²) in [5.41, 5.74) is 1.03. The van der Waals surface area contributed by atoms with E-state index in [-0.39, 0.29) is 21.2 Å². The van der Waals surface area contributed by atoms with Crippen LogP contribution in [-0.2, 0) is 10.0 Å². The number of hydrogen-bond acceptors (Lipinski definition) is 5. The summed E-state index contributed by atoms with van der Waals surface area (Å²) in [6.45, 7) is 0. The third-order valence-corrected chi connectivity index (χ3v) is 6.77. The minimum absolute atomic E-state index is 0.00160. The van der Waals surface area contributed by atoms with E-state index in [1.54, 1.807) is 48.2 Å². The summed E-state index contributed by atoms with van der Waals surface area (Å²) in [5.74, 6) is -0.0860. The van der Waals surface area contributed by atoms with E-state index in [0.717, 1.165) is 4.90 Å². The van der Waals surface area contributed by atoms with Gasteiger partial charge in [0, 0.05) is 16.1 Å². The van der Waals surface area contributed by atoms with E-state index < -0.39 is 15.9 Å². The van der Waals surface area contributed by atoms with Gasteiger partial charge in [-0.25, -0.2) is 8.42 Å². The number of carbonyl (C=O) groups excluding carboxylic acids is 1. The number of anilines is 2. The molecule has 0 unspecified atom stereocenters. The molecule has 0 bridgehead atoms. The fourth-order valence-corrected chi connectivity index (χ4v) is 4.66. The molecule has 0 aliphatic heterocycles. The quantitative estimate of drug-likeness (QED) is 0.476.